The molecule has 7 heteroatoms. The van der Waals surface area contributed by atoms with E-state index in [4.69, 9.17) is 0 Å². The summed E-state index contributed by atoms with van der Waals surface area (Å²) in [7, 11) is -3.57. The number of rotatable bonds is 3. The molecule has 0 aromatic rings. The molecule has 0 aromatic carbocycles. The summed E-state index contributed by atoms with van der Waals surface area (Å²) in [5.41, 5.74) is 0. The number of nitrogens with zero attached hydrogens (tertiary/aromatic N) is 1. The lowest BCUT2D eigenvalue weighted by atomic mass is 10.4. The van der Waals surface area contributed by atoms with Gasteiger partial charge < -0.3 is 5.32 Å². The van der Waals surface area contributed by atoms with Gasteiger partial charge in [-0.05, 0) is 0 Å². The molecule has 0 saturated carbocycles. The van der Waals surface area contributed by atoms with Crippen molar-refractivity contribution in [2.24, 2.45) is 0 Å². The number of nitrogens with one attached hydrogen (secondary N) is 1. The van der Waals surface area contributed by atoms with Crippen LogP contribution < -0.4 is 5.32 Å². The van der Waals surface area contributed by atoms with Crippen LogP contribution in [0, 0.1) is 0 Å². The van der Waals surface area contributed by atoms with E-state index in [1.54, 1.807) is 0 Å². The number of hydrogen-bond donors (Lipinski definition) is 1. The van der Waals surface area contributed by atoms with Gasteiger partial charge in [0.05, 0.1) is 12.3 Å². The zero-order chi connectivity index (χ0) is 9.90. The average molecular weight is 210 g/mol. The molecule has 0 radical (unpaired) electrons. The number of hydrogen-bond acceptors (Lipinski definition) is 3. The summed E-state index contributed by atoms with van der Waals surface area (Å²) in [6.07, 6.45) is 0. The number of alkyl halides is 1. The van der Waals surface area contributed by atoms with Crippen LogP contribution in [0.1, 0.15) is 0 Å². The first-order chi connectivity index (χ1) is 6.06. The third-order valence-corrected chi connectivity index (χ3v) is 3.50. The van der Waals surface area contributed by atoms with Crippen molar-refractivity contribution in [3.63, 3.8) is 0 Å². The summed E-state index contributed by atoms with van der Waals surface area (Å²) in [4.78, 5) is 10.8. The van der Waals surface area contributed by atoms with E-state index in [-0.39, 0.29) is 19.0 Å². The Bertz CT molecular complexity index is 290. The third-order valence-electron chi connectivity index (χ3n) is 1.73. The van der Waals surface area contributed by atoms with Crippen LogP contribution >= 0.6 is 0 Å². The summed E-state index contributed by atoms with van der Waals surface area (Å²) in [6, 6.07) is 0. The Balaban J connectivity index is 2.65. The SMILES string of the molecule is O=C1CN(S(=O)(=O)CCF)CCN1. The quantitative estimate of drug-likeness (QED) is 0.630. The fraction of sp³-hybridized carbons (Fsp3) is 0.833. The average Bonchev–Trinajstić information content (AvgIpc) is 2.04. The number of amides is 1. The second-order valence-corrected chi connectivity index (χ2v) is 4.78. The van der Waals surface area contributed by atoms with Crippen LogP contribution in [-0.4, -0.2) is 50.7 Å². The molecule has 0 unspecified atom stereocenters. The van der Waals surface area contributed by atoms with Crippen LogP contribution in [0.3, 0.4) is 0 Å². The zero-order valence-electron chi connectivity index (χ0n) is 6.99. The standard InChI is InChI=1S/C6H11FN2O3S/c7-1-4-13(11,12)9-3-2-8-6(10)5-9/h1-5H2,(H,8,10). The van der Waals surface area contributed by atoms with Gasteiger partial charge in [-0.3, -0.25) is 4.79 Å². The van der Waals surface area contributed by atoms with Gasteiger partial charge in [-0.2, -0.15) is 4.31 Å². The maximum absolute atomic E-state index is 11.8. The van der Waals surface area contributed by atoms with Gasteiger partial charge in [0.15, 0.2) is 0 Å². The Hall–Kier alpha value is -0.690. The maximum atomic E-state index is 11.8. The number of carbonyl (C=O) groups excluding carboxylic acids is 1. The van der Waals surface area contributed by atoms with Crippen LogP contribution in [0.25, 0.3) is 0 Å². The lowest BCUT2D eigenvalue weighted by molar-refractivity contribution is -0.122. The minimum atomic E-state index is -3.57. The monoisotopic (exact) mass is 210 g/mol. The first-order valence-electron chi connectivity index (χ1n) is 3.87. The minimum absolute atomic E-state index is 0.192. The molecular formula is C6H11FN2O3S. The second-order valence-electron chi connectivity index (χ2n) is 2.69. The van der Waals surface area contributed by atoms with Crippen molar-refractivity contribution in [2.75, 3.05) is 32.1 Å². The lowest BCUT2D eigenvalue weighted by Crippen LogP contribution is -2.50. The van der Waals surface area contributed by atoms with Crippen LogP contribution in [-0.2, 0) is 14.8 Å². The highest BCUT2D eigenvalue weighted by molar-refractivity contribution is 7.89. The normalized spacial score (nSPS) is 19.9. The van der Waals surface area contributed by atoms with Crippen molar-refractivity contribution in [3.8, 4) is 0 Å². The Morgan fingerprint density at radius 1 is 1.54 bits per heavy atom. The van der Waals surface area contributed by atoms with Gasteiger partial charge in [0, 0.05) is 13.1 Å². The summed E-state index contributed by atoms with van der Waals surface area (Å²) >= 11 is 0. The van der Waals surface area contributed by atoms with Crippen LogP contribution in [0.2, 0.25) is 0 Å². The van der Waals surface area contributed by atoms with E-state index in [1.165, 1.54) is 0 Å². The van der Waals surface area contributed by atoms with Crippen molar-refractivity contribution >= 4 is 15.9 Å². The minimum Gasteiger partial charge on any atom is -0.354 e. The van der Waals surface area contributed by atoms with Crippen LogP contribution in [0.5, 0.6) is 0 Å². The van der Waals surface area contributed by atoms with E-state index < -0.39 is 22.5 Å². The summed E-state index contributed by atoms with van der Waals surface area (Å²) < 4.78 is 35.3. The van der Waals surface area contributed by atoms with Crippen LogP contribution in [0.4, 0.5) is 4.39 Å². The molecular weight excluding hydrogens is 199 g/mol. The Morgan fingerprint density at radius 2 is 2.23 bits per heavy atom. The van der Waals surface area contributed by atoms with E-state index in [0.717, 1.165) is 4.31 Å². The van der Waals surface area contributed by atoms with E-state index in [2.05, 4.69) is 5.32 Å². The van der Waals surface area contributed by atoms with Gasteiger partial charge in [0.2, 0.25) is 15.9 Å². The van der Waals surface area contributed by atoms with Gasteiger partial charge >= 0.3 is 0 Å². The number of carbonyl (C=O) groups is 1. The molecule has 1 fully saturated rings. The molecule has 0 bridgehead atoms. The van der Waals surface area contributed by atoms with E-state index in [9.17, 15) is 17.6 Å². The fourth-order valence-corrected chi connectivity index (χ4v) is 2.22. The fourth-order valence-electron chi connectivity index (χ4n) is 1.08. The maximum Gasteiger partial charge on any atom is 0.235 e. The second kappa shape index (κ2) is 4.01. The molecule has 5 nitrogen and oxygen atoms in total. The zero-order valence-corrected chi connectivity index (χ0v) is 7.81. The van der Waals surface area contributed by atoms with Crippen LogP contribution in [0.15, 0.2) is 0 Å². The molecule has 0 spiro atoms. The van der Waals surface area contributed by atoms with Crippen molar-refractivity contribution < 1.29 is 17.6 Å². The highest BCUT2D eigenvalue weighted by atomic mass is 32.2. The number of sulfonamides is 1. The first-order valence-corrected chi connectivity index (χ1v) is 5.47. The van der Waals surface area contributed by atoms with E-state index in [0.29, 0.717) is 6.54 Å². The number of halogens is 1. The van der Waals surface area contributed by atoms with Gasteiger partial charge in [-0.15, -0.1) is 0 Å². The highest BCUT2D eigenvalue weighted by Crippen LogP contribution is 2.03. The molecule has 1 saturated heterocycles. The third kappa shape index (κ3) is 2.63. The molecule has 0 atom stereocenters. The molecule has 0 aromatic heterocycles. The molecule has 1 aliphatic heterocycles. The Labute approximate surface area is 76.0 Å². The van der Waals surface area contributed by atoms with Gasteiger partial charge in [-0.25, -0.2) is 12.8 Å². The molecule has 1 rings (SSSR count). The molecule has 13 heavy (non-hydrogen) atoms. The number of piperazine rings is 1. The highest BCUT2D eigenvalue weighted by Gasteiger charge is 2.26. The molecule has 1 N–H and O–H groups in total. The van der Waals surface area contributed by atoms with Gasteiger partial charge in [0.25, 0.3) is 0 Å². The molecule has 1 amide bonds. The van der Waals surface area contributed by atoms with Gasteiger partial charge in [0.1, 0.15) is 6.67 Å². The predicted octanol–water partition coefficient (Wildman–Crippen LogP) is -1.28. The first kappa shape index (κ1) is 10.4. The summed E-state index contributed by atoms with van der Waals surface area (Å²) in [6.45, 7) is -0.582. The molecule has 1 heterocycles. The van der Waals surface area contributed by atoms with Crippen molar-refractivity contribution in [2.45, 2.75) is 0 Å². The lowest BCUT2D eigenvalue weighted by Gasteiger charge is -2.25. The topological polar surface area (TPSA) is 66.5 Å². The molecule has 0 aliphatic carbocycles. The van der Waals surface area contributed by atoms with E-state index in [1.807, 2.05) is 0 Å². The van der Waals surface area contributed by atoms with Crippen molar-refractivity contribution in [1.82, 2.24) is 9.62 Å². The smallest absolute Gasteiger partial charge is 0.235 e. The van der Waals surface area contributed by atoms with Gasteiger partial charge in [-0.1, -0.05) is 0 Å². The Kier molecular flexibility index (Phi) is 3.21. The summed E-state index contributed by atoms with van der Waals surface area (Å²) in [5.74, 6) is -0.881. The molecule has 1 aliphatic rings. The predicted molar refractivity (Wildman–Crippen MR) is 44.3 cm³/mol. The van der Waals surface area contributed by atoms with Crippen molar-refractivity contribution in [1.29, 1.82) is 0 Å². The molecule has 76 valence electrons. The Morgan fingerprint density at radius 3 is 2.77 bits per heavy atom. The largest absolute Gasteiger partial charge is 0.354 e. The summed E-state index contributed by atoms with van der Waals surface area (Å²) in [5, 5.41) is 2.49. The van der Waals surface area contributed by atoms with E-state index >= 15 is 0 Å². The van der Waals surface area contributed by atoms with Crippen molar-refractivity contribution in [3.05, 3.63) is 0 Å².